The number of anilines is 1. The van der Waals surface area contributed by atoms with Crippen molar-refractivity contribution in [3.63, 3.8) is 0 Å². The largest absolute Gasteiger partial charge is 0.398 e. The number of carbonyl (C=O) groups is 1. The molecular weight excluding hydrogens is 369 g/mol. The molecule has 5 nitrogen and oxygen atoms in total. The van der Waals surface area contributed by atoms with Gasteiger partial charge in [0.05, 0.1) is 23.3 Å². The third-order valence-corrected chi connectivity index (χ3v) is 4.74. The summed E-state index contributed by atoms with van der Waals surface area (Å²) in [4.78, 5) is 12.6. The third kappa shape index (κ3) is 2.48. The van der Waals surface area contributed by atoms with Crippen molar-refractivity contribution in [3.05, 3.63) is 58.0 Å². The van der Waals surface area contributed by atoms with E-state index in [2.05, 4.69) is 10.4 Å². The van der Waals surface area contributed by atoms with Gasteiger partial charge in [-0.05, 0) is 24.3 Å². The summed E-state index contributed by atoms with van der Waals surface area (Å²) in [7, 11) is 0. The van der Waals surface area contributed by atoms with Gasteiger partial charge in [-0.3, -0.25) is 9.48 Å². The molecule has 2 aromatic carbocycles. The molecule has 0 bridgehead atoms. The number of aromatic nitrogens is 2. The molecule has 0 spiro atoms. The van der Waals surface area contributed by atoms with Crippen molar-refractivity contribution in [2.45, 2.75) is 19.0 Å². The molecule has 1 aliphatic heterocycles. The average Bonchev–Trinajstić information content (AvgIpc) is 3.11. The average molecular weight is 381 g/mol. The van der Waals surface area contributed by atoms with Gasteiger partial charge in [0.15, 0.2) is 0 Å². The molecule has 1 aromatic heterocycles. The summed E-state index contributed by atoms with van der Waals surface area (Å²) in [5, 5.41) is 7.34. The van der Waals surface area contributed by atoms with Gasteiger partial charge in [0.1, 0.15) is 12.4 Å². The van der Waals surface area contributed by atoms with E-state index in [9.17, 15) is 18.0 Å². The number of rotatable bonds is 3. The van der Waals surface area contributed by atoms with E-state index in [1.54, 1.807) is 0 Å². The van der Waals surface area contributed by atoms with Crippen LogP contribution in [-0.2, 0) is 6.54 Å². The summed E-state index contributed by atoms with van der Waals surface area (Å²) < 4.78 is 40.2. The van der Waals surface area contributed by atoms with Gasteiger partial charge in [0.2, 0.25) is 0 Å². The number of nitrogens with zero attached hydrogens (tertiary/aromatic N) is 2. The molecule has 1 amide bonds. The van der Waals surface area contributed by atoms with Gasteiger partial charge in [-0.1, -0.05) is 11.6 Å². The van der Waals surface area contributed by atoms with Gasteiger partial charge in [0, 0.05) is 27.2 Å². The van der Waals surface area contributed by atoms with Crippen LogP contribution in [0.15, 0.2) is 30.5 Å². The molecule has 1 aliphatic rings. The first-order valence-electron chi connectivity index (χ1n) is 7.68. The summed E-state index contributed by atoms with van der Waals surface area (Å²) in [6.45, 7) is -0.609. The number of nitrogens with one attached hydrogen (secondary N) is 1. The van der Waals surface area contributed by atoms with Crippen LogP contribution in [0, 0.1) is 5.82 Å². The Hall–Kier alpha value is -2.74. The first kappa shape index (κ1) is 16.7. The molecule has 4 rings (SSSR count). The Morgan fingerprint density at radius 3 is 2.85 bits per heavy atom. The van der Waals surface area contributed by atoms with E-state index in [0.717, 1.165) is 4.68 Å². The number of nitrogen functional groups attached to an aromatic ring is 1. The molecule has 0 aliphatic carbocycles. The molecule has 134 valence electrons. The monoisotopic (exact) mass is 380 g/mol. The molecule has 0 saturated heterocycles. The summed E-state index contributed by atoms with van der Waals surface area (Å²) in [6.07, 6.45) is -1.24. The molecule has 0 fully saturated rings. The Balaban J connectivity index is 1.93. The Morgan fingerprint density at radius 1 is 1.35 bits per heavy atom. The van der Waals surface area contributed by atoms with Gasteiger partial charge in [0.25, 0.3) is 12.3 Å². The second-order valence-electron chi connectivity index (χ2n) is 5.98. The lowest BCUT2D eigenvalue weighted by molar-refractivity contribution is 0.0961. The van der Waals surface area contributed by atoms with Gasteiger partial charge in [-0.15, -0.1) is 0 Å². The number of hydrogen-bond acceptors (Lipinski definition) is 3. The molecule has 9 heteroatoms. The molecule has 26 heavy (non-hydrogen) atoms. The van der Waals surface area contributed by atoms with Crippen LogP contribution >= 0.6 is 11.6 Å². The normalized spacial score (nSPS) is 16.3. The van der Waals surface area contributed by atoms with E-state index in [1.165, 1.54) is 30.5 Å². The predicted molar refractivity (Wildman–Crippen MR) is 90.9 cm³/mol. The van der Waals surface area contributed by atoms with E-state index in [-0.39, 0.29) is 16.3 Å². The van der Waals surface area contributed by atoms with E-state index in [0.29, 0.717) is 22.0 Å². The molecule has 3 aromatic rings. The van der Waals surface area contributed by atoms with Gasteiger partial charge in [-0.2, -0.15) is 5.10 Å². The van der Waals surface area contributed by atoms with Crippen LogP contribution in [0.3, 0.4) is 0 Å². The van der Waals surface area contributed by atoms with Crippen LogP contribution in [0.25, 0.3) is 10.9 Å². The molecule has 3 N–H and O–H groups in total. The van der Waals surface area contributed by atoms with Crippen molar-refractivity contribution in [1.82, 2.24) is 15.1 Å². The number of nitrogens with two attached hydrogens (primary N) is 1. The van der Waals surface area contributed by atoms with Gasteiger partial charge < -0.3 is 11.1 Å². The number of carbonyl (C=O) groups excluding carboxylic acids is 1. The van der Waals surface area contributed by atoms with Crippen molar-refractivity contribution < 1.29 is 18.0 Å². The molecule has 1 atom stereocenters. The van der Waals surface area contributed by atoms with E-state index < -0.39 is 30.7 Å². The number of hydrogen-bond donors (Lipinski definition) is 2. The summed E-state index contributed by atoms with van der Waals surface area (Å²) >= 11 is 6.16. The highest BCUT2D eigenvalue weighted by Gasteiger charge is 2.35. The minimum absolute atomic E-state index is 0.215. The summed E-state index contributed by atoms with van der Waals surface area (Å²) in [5.74, 6) is -0.948. The van der Waals surface area contributed by atoms with Gasteiger partial charge in [-0.25, -0.2) is 13.2 Å². The smallest absolute Gasteiger partial charge is 0.257 e. The maximum atomic E-state index is 13.7. The number of alkyl halides is 2. The zero-order chi connectivity index (χ0) is 18.6. The highest BCUT2D eigenvalue weighted by atomic mass is 35.5. The molecule has 1 unspecified atom stereocenters. The minimum atomic E-state index is -2.60. The van der Waals surface area contributed by atoms with E-state index >= 15 is 0 Å². The zero-order valence-corrected chi connectivity index (χ0v) is 13.9. The van der Waals surface area contributed by atoms with Crippen LogP contribution in [0.1, 0.15) is 27.5 Å². The quantitative estimate of drug-likeness (QED) is 0.683. The van der Waals surface area contributed by atoms with Crippen LogP contribution in [0.2, 0.25) is 5.02 Å². The first-order valence-corrected chi connectivity index (χ1v) is 8.06. The van der Waals surface area contributed by atoms with Crippen molar-refractivity contribution in [3.8, 4) is 0 Å². The number of amides is 1. The summed E-state index contributed by atoms with van der Waals surface area (Å²) in [6, 6.07) is 4.59. The second kappa shape index (κ2) is 5.91. The van der Waals surface area contributed by atoms with Crippen LogP contribution < -0.4 is 11.1 Å². The minimum Gasteiger partial charge on any atom is -0.398 e. The predicted octanol–water partition coefficient (Wildman–Crippen LogP) is 3.51. The highest BCUT2D eigenvalue weighted by Crippen LogP contribution is 2.41. The fraction of sp³-hybridized carbons (Fsp3) is 0.176. The van der Waals surface area contributed by atoms with Crippen LogP contribution in [-0.4, -0.2) is 22.1 Å². The molecule has 0 saturated carbocycles. The van der Waals surface area contributed by atoms with Crippen molar-refractivity contribution in [2.24, 2.45) is 0 Å². The van der Waals surface area contributed by atoms with Crippen molar-refractivity contribution >= 4 is 34.1 Å². The molecule has 0 radical (unpaired) electrons. The van der Waals surface area contributed by atoms with Crippen molar-refractivity contribution in [1.29, 1.82) is 0 Å². The zero-order valence-electron chi connectivity index (χ0n) is 13.1. The SMILES string of the molecule is Nc1cc2c(cnn2CC(F)F)c2c1C(c1cc(F)ccc1Cl)NC2=O. The van der Waals surface area contributed by atoms with E-state index in [4.69, 9.17) is 17.3 Å². The number of fused-ring (bicyclic) bond motifs is 3. The van der Waals surface area contributed by atoms with Crippen molar-refractivity contribution in [2.75, 3.05) is 5.73 Å². The Labute approximate surface area is 150 Å². The Morgan fingerprint density at radius 2 is 2.12 bits per heavy atom. The Kier molecular flexibility index (Phi) is 3.80. The number of halogens is 4. The number of benzene rings is 2. The fourth-order valence-corrected chi connectivity index (χ4v) is 3.56. The lowest BCUT2D eigenvalue weighted by Gasteiger charge is -2.16. The third-order valence-electron chi connectivity index (χ3n) is 4.39. The molecular formula is C17H12ClF3N4O. The summed E-state index contributed by atoms with van der Waals surface area (Å²) in [5.41, 5.74) is 7.71. The Bertz CT molecular complexity index is 1050. The first-order chi connectivity index (χ1) is 12.4. The van der Waals surface area contributed by atoms with Crippen LogP contribution in [0.5, 0.6) is 0 Å². The lowest BCUT2D eigenvalue weighted by atomic mass is 9.94. The van der Waals surface area contributed by atoms with Crippen LogP contribution in [0.4, 0.5) is 18.9 Å². The highest BCUT2D eigenvalue weighted by molar-refractivity contribution is 6.31. The topological polar surface area (TPSA) is 72.9 Å². The van der Waals surface area contributed by atoms with Gasteiger partial charge >= 0.3 is 0 Å². The lowest BCUT2D eigenvalue weighted by Crippen LogP contribution is -2.20. The fourth-order valence-electron chi connectivity index (χ4n) is 3.33. The maximum absolute atomic E-state index is 13.7. The second-order valence-corrected chi connectivity index (χ2v) is 6.38. The van der Waals surface area contributed by atoms with E-state index in [1.807, 2.05) is 0 Å². The standard InChI is InChI=1S/C17H12ClF3N4O/c18-10-2-1-7(19)3-8(10)16-15-11(22)4-12-9(14(15)17(26)24-16)5-23-25(12)6-13(20)21/h1-5,13,16H,6,22H2,(H,24,26). The molecule has 2 heterocycles. The maximum Gasteiger partial charge on any atom is 0.257 e.